The molecule has 0 spiro atoms. The van der Waals surface area contributed by atoms with Gasteiger partial charge in [0.25, 0.3) is 5.91 Å². The van der Waals surface area contributed by atoms with Crippen LogP contribution in [0.1, 0.15) is 15.2 Å². The van der Waals surface area contributed by atoms with Gasteiger partial charge in [-0.15, -0.1) is 11.3 Å². The van der Waals surface area contributed by atoms with Crippen molar-refractivity contribution in [2.75, 3.05) is 27.3 Å². The molecule has 8 heteroatoms. The second-order valence-corrected chi connectivity index (χ2v) is 7.95. The van der Waals surface area contributed by atoms with E-state index in [1.165, 1.54) is 31.4 Å². The van der Waals surface area contributed by atoms with E-state index in [0.29, 0.717) is 18.7 Å². The number of sulfonamides is 1. The fraction of sp³-hybridized carbons (Fsp3) is 0.312. The van der Waals surface area contributed by atoms with Crippen LogP contribution in [0.2, 0.25) is 0 Å². The summed E-state index contributed by atoms with van der Waals surface area (Å²) in [5, 5.41) is 1.96. The van der Waals surface area contributed by atoms with Crippen LogP contribution in [0.25, 0.3) is 0 Å². The molecule has 130 valence electrons. The normalized spacial score (nSPS) is 11.4. The molecule has 0 radical (unpaired) electrons. The Kier molecular flexibility index (Phi) is 6.50. The van der Waals surface area contributed by atoms with Gasteiger partial charge in [0.1, 0.15) is 0 Å². The molecule has 1 N–H and O–H groups in total. The van der Waals surface area contributed by atoms with Gasteiger partial charge in [0.2, 0.25) is 10.0 Å². The molecule has 2 rings (SSSR count). The predicted molar refractivity (Wildman–Crippen MR) is 93.6 cm³/mol. The molecule has 24 heavy (non-hydrogen) atoms. The summed E-state index contributed by atoms with van der Waals surface area (Å²) in [6, 6.07) is 9.82. The van der Waals surface area contributed by atoms with Gasteiger partial charge in [-0.05, 0) is 35.7 Å². The van der Waals surface area contributed by atoms with Crippen molar-refractivity contribution in [1.82, 2.24) is 9.62 Å². The lowest BCUT2D eigenvalue weighted by molar-refractivity contribution is 0.0786. The number of nitrogens with zero attached hydrogens (tertiary/aromatic N) is 1. The number of amides is 1. The molecule has 0 fully saturated rings. The SMILES string of the molecule is COCCNS(=O)(=O)c1ccc(C(=O)N(C)Cc2cccs2)cc1. The number of benzene rings is 1. The highest BCUT2D eigenvalue weighted by Crippen LogP contribution is 2.15. The van der Waals surface area contributed by atoms with Gasteiger partial charge < -0.3 is 9.64 Å². The summed E-state index contributed by atoms with van der Waals surface area (Å²) in [5.74, 6) is -0.153. The first-order valence-electron chi connectivity index (χ1n) is 7.30. The summed E-state index contributed by atoms with van der Waals surface area (Å²) in [5.41, 5.74) is 0.449. The van der Waals surface area contributed by atoms with E-state index in [1.54, 1.807) is 23.3 Å². The van der Waals surface area contributed by atoms with Gasteiger partial charge in [-0.1, -0.05) is 6.07 Å². The van der Waals surface area contributed by atoms with Crippen molar-refractivity contribution in [1.29, 1.82) is 0 Å². The van der Waals surface area contributed by atoms with E-state index in [0.717, 1.165) is 4.88 Å². The van der Waals surface area contributed by atoms with Gasteiger partial charge in [0, 0.05) is 31.1 Å². The lowest BCUT2D eigenvalue weighted by atomic mass is 10.2. The van der Waals surface area contributed by atoms with Gasteiger partial charge >= 0.3 is 0 Å². The molecule has 1 aromatic heterocycles. The summed E-state index contributed by atoms with van der Waals surface area (Å²) >= 11 is 1.59. The largest absolute Gasteiger partial charge is 0.383 e. The number of ether oxygens (including phenoxy) is 1. The van der Waals surface area contributed by atoms with Crippen molar-refractivity contribution in [2.24, 2.45) is 0 Å². The van der Waals surface area contributed by atoms with Crippen LogP contribution in [0.3, 0.4) is 0 Å². The Bertz CT molecular complexity index is 756. The van der Waals surface area contributed by atoms with Crippen molar-refractivity contribution in [2.45, 2.75) is 11.4 Å². The maximum Gasteiger partial charge on any atom is 0.253 e. The summed E-state index contributed by atoms with van der Waals surface area (Å²) in [6.07, 6.45) is 0. The summed E-state index contributed by atoms with van der Waals surface area (Å²) in [7, 11) is -0.367. The van der Waals surface area contributed by atoms with Gasteiger partial charge in [0.15, 0.2) is 0 Å². The molecule has 0 saturated heterocycles. The molecule has 0 aliphatic carbocycles. The molecule has 1 amide bonds. The fourth-order valence-corrected chi connectivity index (χ4v) is 3.84. The minimum absolute atomic E-state index is 0.121. The molecule has 2 aromatic rings. The van der Waals surface area contributed by atoms with Crippen molar-refractivity contribution in [3.63, 3.8) is 0 Å². The quantitative estimate of drug-likeness (QED) is 0.723. The van der Waals surface area contributed by atoms with Crippen LogP contribution in [0.5, 0.6) is 0 Å². The summed E-state index contributed by atoms with van der Waals surface area (Å²) in [6.45, 7) is 1.02. The molecule has 0 unspecified atom stereocenters. The van der Waals surface area contributed by atoms with E-state index < -0.39 is 10.0 Å². The summed E-state index contributed by atoms with van der Waals surface area (Å²) < 4.78 is 31.4. The highest BCUT2D eigenvalue weighted by Gasteiger charge is 2.16. The average molecular weight is 368 g/mol. The predicted octanol–water partition coefficient (Wildman–Crippen LogP) is 1.94. The van der Waals surface area contributed by atoms with Crippen LogP contribution in [0, 0.1) is 0 Å². The number of hydrogen-bond acceptors (Lipinski definition) is 5. The third-order valence-electron chi connectivity index (χ3n) is 3.33. The molecule has 0 bridgehead atoms. The number of thiophene rings is 1. The Morgan fingerprint density at radius 1 is 1.25 bits per heavy atom. The van der Waals surface area contributed by atoms with Gasteiger partial charge in [-0.25, -0.2) is 13.1 Å². The number of methoxy groups -OCH3 is 1. The number of nitrogens with one attached hydrogen (secondary N) is 1. The van der Waals surface area contributed by atoms with E-state index in [4.69, 9.17) is 4.74 Å². The number of carbonyl (C=O) groups excluding carboxylic acids is 1. The topological polar surface area (TPSA) is 75.7 Å². The number of hydrogen-bond donors (Lipinski definition) is 1. The molecule has 1 aromatic carbocycles. The third kappa shape index (κ3) is 4.88. The van der Waals surface area contributed by atoms with Gasteiger partial charge in [-0.3, -0.25) is 4.79 Å². The number of rotatable bonds is 8. The highest BCUT2D eigenvalue weighted by atomic mass is 32.2. The van der Waals surface area contributed by atoms with Gasteiger partial charge in [-0.2, -0.15) is 0 Å². The average Bonchev–Trinajstić information content (AvgIpc) is 3.07. The van der Waals surface area contributed by atoms with E-state index in [1.807, 2.05) is 17.5 Å². The minimum Gasteiger partial charge on any atom is -0.383 e. The Balaban J connectivity index is 2.04. The first kappa shape index (κ1) is 18.6. The Labute approximate surface area is 146 Å². The lowest BCUT2D eigenvalue weighted by Crippen LogP contribution is -2.28. The maximum absolute atomic E-state index is 12.4. The first-order chi connectivity index (χ1) is 11.4. The zero-order valence-corrected chi connectivity index (χ0v) is 15.2. The molecular weight excluding hydrogens is 348 g/mol. The first-order valence-corrected chi connectivity index (χ1v) is 9.67. The zero-order valence-electron chi connectivity index (χ0n) is 13.6. The molecule has 6 nitrogen and oxygen atoms in total. The molecule has 0 aliphatic rings. The second kappa shape index (κ2) is 8.39. The molecule has 1 heterocycles. The molecule has 0 saturated carbocycles. The van der Waals surface area contributed by atoms with E-state index >= 15 is 0 Å². The van der Waals surface area contributed by atoms with Crippen LogP contribution < -0.4 is 4.72 Å². The Morgan fingerprint density at radius 2 is 1.96 bits per heavy atom. The lowest BCUT2D eigenvalue weighted by Gasteiger charge is -2.16. The van der Waals surface area contributed by atoms with E-state index in [2.05, 4.69) is 4.72 Å². The Morgan fingerprint density at radius 3 is 2.54 bits per heavy atom. The zero-order chi connectivity index (χ0) is 17.6. The monoisotopic (exact) mass is 368 g/mol. The fourth-order valence-electron chi connectivity index (χ4n) is 2.07. The second-order valence-electron chi connectivity index (χ2n) is 5.16. The summed E-state index contributed by atoms with van der Waals surface area (Å²) in [4.78, 5) is 15.2. The van der Waals surface area contributed by atoms with Crippen molar-refractivity contribution < 1.29 is 17.9 Å². The molecule has 0 aliphatic heterocycles. The Hall–Kier alpha value is -1.74. The highest BCUT2D eigenvalue weighted by molar-refractivity contribution is 7.89. The van der Waals surface area contributed by atoms with Crippen LogP contribution in [0.4, 0.5) is 0 Å². The van der Waals surface area contributed by atoms with Crippen LogP contribution in [-0.4, -0.2) is 46.5 Å². The van der Waals surface area contributed by atoms with E-state index in [-0.39, 0.29) is 17.3 Å². The maximum atomic E-state index is 12.4. The van der Waals surface area contributed by atoms with Crippen molar-refractivity contribution in [3.8, 4) is 0 Å². The van der Waals surface area contributed by atoms with Crippen molar-refractivity contribution >= 4 is 27.3 Å². The third-order valence-corrected chi connectivity index (χ3v) is 5.67. The van der Waals surface area contributed by atoms with Crippen molar-refractivity contribution in [3.05, 3.63) is 52.2 Å². The molecule has 0 atom stereocenters. The van der Waals surface area contributed by atoms with E-state index in [9.17, 15) is 13.2 Å². The minimum atomic E-state index is -3.59. The standard InChI is InChI=1S/C16H20N2O4S2/c1-18(12-14-4-3-11-23-14)16(19)13-5-7-15(8-6-13)24(20,21)17-9-10-22-2/h3-8,11,17H,9-10,12H2,1-2H3. The smallest absolute Gasteiger partial charge is 0.253 e. The van der Waals surface area contributed by atoms with Crippen LogP contribution in [-0.2, 0) is 21.3 Å². The van der Waals surface area contributed by atoms with Crippen LogP contribution in [0.15, 0.2) is 46.7 Å². The number of carbonyl (C=O) groups is 1. The van der Waals surface area contributed by atoms with Gasteiger partial charge in [0.05, 0.1) is 18.0 Å². The van der Waals surface area contributed by atoms with Crippen LogP contribution >= 0.6 is 11.3 Å². The molecular formula is C16H20N2O4S2.